The second kappa shape index (κ2) is 4.68. The van der Waals surface area contributed by atoms with Crippen LogP contribution in [0.15, 0.2) is 60.7 Å². The van der Waals surface area contributed by atoms with E-state index < -0.39 is 0 Å². The van der Waals surface area contributed by atoms with Crippen LogP contribution >= 0.6 is 45.2 Å². The molecule has 0 aliphatic carbocycles. The zero-order valence-electron chi connectivity index (χ0n) is 11.5. The van der Waals surface area contributed by atoms with E-state index in [0.29, 0.717) is 0 Å². The molecule has 0 fully saturated rings. The van der Waals surface area contributed by atoms with Crippen LogP contribution in [0.5, 0.6) is 0 Å². The first-order valence-corrected chi connectivity index (χ1v) is 9.33. The molecule has 0 radical (unpaired) electrons. The number of benzene rings is 5. The number of fused-ring (bicyclic) bond motifs is 2. The van der Waals surface area contributed by atoms with Crippen LogP contribution in [-0.4, -0.2) is 0 Å². The van der Waals surface area contributed by atoms with Gasteiger partial charge in [0.15, 0.2) is 0 Å². The highest BCUT2D eigenvalue weighted by Gasteiger charge is 2.13. The number of hydrogen-bond donors (Lipinski definition) is 0. The molecule has 22 heavy (non-hydrogen) atoms. The minimum Gasteiger partial charge on any atom is -0.0610 e. The Kier molecular flexibility index (Phi) is 2.83. The fourth-order valence-electron chi connectivity index (χ4n) is 3.66. The highest BCUT2D eigenvalue weighted by Crippen LogP contribution is 2.41. The highest BCUT2D eigenvalue weighted by atomic mass is 127. The average molecular weight is 504 g/mol. The van der Waals surface area contributed by atoms with Crippen LogP contribution in [0.25, 0.3) is 43.1 Å². The van der Waals surface area contributed by atoms with Gasteiger partial charge in [-0.25, -0.2) is 0 Å². The maximum absolute atomic E-state index is 2.43. The molecule has 0 saturated heterocycles. The van der Waals surface area contributed by atoms with Crippen LogP contribution in [-0.2, 0) is 0 Å². The third-order valence-corrected chi connectivity index (χ3v) is 5.71. The lowest BCUT2D eigenvalue weighted by atomic mass is 9.90. The van der Waals surface area contributed by atoms with Crippen molar-refractivity contribution in [1.29, 1.82) is 0 Å². The van der Waals surface area contributed by atoms with Gasteiger partial charge in [0.1, 0.15) is 0 Å². The van der Waals surface area contributed by atoms with E-state index in [9.17, 15) is 0 Å². The van der Waals surface area contributed by atoms with E-state index in [4.69, 9.17) is 0 Å². The van der Waals surface area contributed by atoms with Crippen molar-refractivity contribution in [3.8, 4) is 0 Å². The summed E-state index contributed by atoms with van der Waals surface area (Å²) >= 11 is 4.85. The van der Waals surface area contributed by atoms with E-state index in [1.54, 1.807) is 0 Å². The Morgan fingerprint density at radius 2 is 0.955 bits per heavy atom. The summed E-state index contributed by atoms with van der Waals surface area (Å²) in [5, 5.41) is 10.9. The fourth-order valence-corrected chi connectivity index (χ4v) is 4.95. The Labute approximate surface area is 155 Å². The van der Waals surface area contributed by atoms with Crippen molar-refractivity contribution in [3.63, 3.8) is 0 Å². The zero-order valence-corrected chi connectivity index (χ0v) is 15.8. The molecule has 0 spiro atoms. The van der Waals surface area contributed by atoms with Crippen molar-refractivity contribution < 1.29 is 0 Å². The molecule has 5 rings (SSSR count). The third-order valence-electron chi connectivity index (χ3n) is 4.46. The van der Waals surface area contributed by atoms with Crippen molar-refractivity contribution in [3.05, 3.63) is 67.8 Å². The summed E-state index contributed by atoms with van der Waals surface area (Å²) in [6, 6.07) is 22.5. The molecule has 0 aliphatic rings. The molecule has 0 atom stereocenters. The molecule has 0 bridgehead atoms. The van der Waals surface area contributed by atoms with Crippen molar-refractivity contribution in [2.45, 2.75) is 0 Å². The van der Waals surface area contributed by atoms with E-state index >= 15 is 0 Å². The number of rotatable bonds is 0. The summed E-state index contributed by atoms with van der Waals surface area (Å²) in [6.45, 7) is 0. The topological polar surface area (TPSA) is 0 Å². The quantitative estimate of drug-likeness (QED) is 0.122. The molecule has 0 aliphatic heterocycles. The van der Waals surface area contributed by atoms with E-state index in [1.807, 2.05) is 0 Å². The fraction of sp³-hybridized carbons (Fsp3) is 0. The smallest absolute Gasteiger partial charge is 0.0142 e. The van der Waals surface area contributed by atoms with Crippen molar-refractivity contribution in [2.75, 3.05) is 0 Å². The van der Waals surface area contributed by atoms with Gasteiger partial charge in [0.2, 0.25) is 0 Å². The van der Waals surface area contributed by atoms with Crippen molar-refractivity contribution in [2.24, 2.45) is 0 Å². The number of hydrogen-bond acceptors (Lipinski definition) is 0. The summed E-state index contributed by atoms with van der Waals surface area (Å²) in [6.07, 6.45) is 0. The SMILES string of the molecule is Ic1cc2cccc3c4cccc5cc(I)cc(c(c1)c23)c54. The van der Waals surface area contributed by atoms with Gasteiger partial charge in [-0.3, -0.25) is 0 Å². The minimum absolute atomic E-state index is 1.30. The molecule has 0 aromatic heterocycles. The molecule has 5 aromatic rings. The molecule has 0 saturated carbocycles. The zero-order chi connectivity index (χ0) is 14.8. The van der Waals surface area contributed by atoms with Gasteiger partial charge in [-0.1, -0.05) is 36.4 Å². The predicted molar refractivity (Wildman–Crippen MR) is 113 cm³/mol. The lowest BCUT2D eigenvalue weighted by Gasteiger charge is -2.15. The Balaban J connectivity index is 2.28. The summed E-state index contributed by atoms with van der Waals surface area (Å²) in [4.78, 5) is 0. The molecule has 0 amide bonds. The standard InChI is InChI=1S/C20H10I2/c21-13-7-11-3-1-5-15-16-6-2-4-12-8-14(22)10-18(20(12)16)17(9-13)19(11)15/h1-10H. The molecule has 5 aromatic carbocycles. The van der Waals surface area contributed by atoms with Crippen LogP contribution in [0.2, 0.25) is 0 Å². The van der Waals surface area contributed by atoms with Gasteiger partial charge in [0.25, 0.3) is 0 Å². The lowest BCUT2D eigenvalue weighted by Crippen LogP contribution is -1.88. The summed E-state index contributed by atoms with van der Waals surface area (Å²) in [5.41, 5.74) is 0. The first-order valence-electron chi connectivity index (χ1n) is 7.18. The Hall–Kier alpha value is -1.14. The van der Waals surface area contributed by atoms with Crippen LogP contribution in [0.4, 0.5) is 0 Å². The summed E-state index contributed by atoms with van der Waals surface area (Å²) in [5.74, 6) is 0. The molecular formula is C20H10I2. The minimum atomic E-state index is 1.30. The van der Waals surface area contributed by atoms with Crippen LogP contribution < -0.4 is 0 Å². The number of halogens is 2. The lowest BCUT2D eigenvalue weighted by molar-refractivity contribution is 1.73. The highest BCUT2D eigenvalue weighted by molar-refractivity contribution is 14.1. The van der Waals surface area contributed by atoms with E-state index in [-0.39, 0.29) is 0 Å². The molecule has 0 nitrogen and oxygen atoms in total. The first-order chi connectivity index (χ1) is 10.7. The van der Waals surface area contributed by atoms with Gasteiger partial charge < -0.3 is 0 Å². The van der Waals surface area contributed by atoms with E-state index in [2.05, 4.69) is 106 Å². The van der Waals surface area contributed by atoms with Gasteiger partial charge >= 0.3 is 0 Å². The molecule has 0 unspecified atom stereocenters. The Morgan fingerprint density at radius 3 is 1.41 bits per heavy atom. The molecule has 0 heterocycles. The predicted octanol–water partition coefficient (Wildman–Crippen LogP) is 6.95. The van der Waals surface area contributed by atoms with Gasteiger partial charge in [0, 0.05) is 7.14 Å². The third kappa shape index (κ3) is 1.74. The Morgan fingerprint density at radius 1 is 0.500 bits per heavy atom. The van der Waals surface area contributed by atoms with Crippen molar-refractivity contribution >= 4 is 88.3 Å². The second-order valence-corrected chi connectivity index (χ2v) is 8.21. The van der Waals surface area contributed by atoms with Crippen molar-refractivity contribution in [1.82, 2.24) is 0 Å². The van der Waals surface area contributed by atoms with Gasteiger partial charge in [-0.2, -0.15) is 0 Å². The largest absolute Gasteiger partial charge is 0.0610 e. The average Bonchev–Trinajstić information content (AvgIpc) is 2.51. The summed E-state index contributed by atoms with van der Waals surface area (Å²) in [7, 11) is 0. The van der Waals surface area contributed by atoms with Gasteiger partial charge in [-0.15, -0.1) is 0 Å². The Bertz CT molecular complexity index is 1090. The second-order valence-electron chi connectivity index (χ2n) is 5.71. The van der Waals surface area contributed by atoms with Crippen LogP contribution in [0, 0.1) is 7.14 Å². The van der Waals surface area contributed by atoms with Gasteiger partial charge in [0.05, 0.1) is 0 Å². The monoisotopic (exact) mass is 504 g/mol. The maximum Gasteiger partial charge on any atom is 0.0142 e. The van der Waals surface area contributed by atoms with E-state index in [0.717, 1.165) is 0 Å². The maximum atomic E-state index is 2.43. The van der Waals surface area contributed by atoms with E-state index in [1.165, 1.54) is 50.2 Å². The van der Waals surface area contributed by atoms with Crippen LogP contribution in [0.3, 0.4) is 0 Å². The summed E-state index contributed by atoms with van der Waals surface area (Å²) < 4.78 is 2.59. The molecule has 104 valence electrons. The molecular weight excluding hydrogens is 494 g/mol. The molecule has 2 heteroatoms. The van der Waals surface area contributed by atoms with Crippen LogP contribution in [0.1, 0.15) is 0 Å². The molecule has 0 N–H and O–H groups in total. The first kappa shape index (κ1) is 13.3. The normalized spacial score (nSPS) is 12.1. The van der Waals surface area contributed by atoms with Gasteiger partial charge in [-0.05, 0) is 113 Å².